The lowest BCUT2D eigenvalue weighted by Gasteiger charge is -2.22. The Balaban J connectivity index is 1.62. The first kappa shape index (κ1) is 18.1. The Kier molecular flexibility index (Phi) is 5.56. The van der Waals surface area contributed by atoms with Gasteiger partial charge in [0.25, 0.3) is 10.0 Å². The van der Waals surface area contributed by atoms with E-state index in [1.807, 2.05) is 31.2 Å². The summed E-state index contributed by atoms with van der Waals surface area (Å²) in [7, 11) is -3.58. The summed E-state index contributed by atoms with van der Waals surface area (Å²) in [5.41, 5.74) is 2.39. The van der Waals surface area contributed by atoms with Crippen molar-refractivity contribution in [3.8, 4) is 0 Å². The second-order valence-electron chi connectivity index (χ2n) is 6.17. The van der Waals surface area contributed by atoms with E-state index in [1.165, 1.54) is 26.8 Å². The Labute approximate surface area is 152 Å². The summed E-state index contributed by atoms with van der Waals surface area (Å²) in [6.07, 6.45) is 2.02. The van der Waals surface area contributed by atoms with Crippen LogP contribution in [0, 0.1) is 6.92 Å². The molecule has 1 unspecified atom stereocenters. The van der Waals surface area contributed by atoms with Crippen LogP contribution in [0.15, 0.2) is 46.0 Å². The predicted octanol–water partition coefficient (Wildman–Crippen LogP) is 2.57. The lowest BCUT2D eigenvalue weighted by molar-refractivity contribution is -0.124. The topological polar surface area (TPSA) is 66.5 Å². The molecule has 1 aliphatic heterocycles. The molecular formula is C18H22N2O3S2. The number of carbonyl (C=O) groups excluding carboxylic acids is 1. The number of benzene rings is 1. The first-order valence-corrected chi connectivity index (χ1v) is 10.7. The zero-order valence-corrected chi connectivity index (χ0v) is 15.8. The summed E-state index contributed by atoms with van der Waals surface area (Å²) in [5, 5.41) is 4.64. The number of rotatable bonds is 6. The quantitative estimate of drug-likeness (QED) is 0.840. The summed E-state index contributed by atoms with van der Waals surface area (Å²) in [6, 6.07) is 10.8. The van der Waals surface area contributed by atoms with E-state index in [4.69, 9.17) is 0 Å². The zero-order valence-electron chi connectivity index (χ0n) is 14.1. The monoisotopic (exact) mass is 378 g/mol. The largest absolute Gasteiger partial charge is 0.354 e. The van der Waals surface area contributed by atoms with E-state index in [1.54, 1.807) is 17.5 Å². The number of carbonyl (C=O) groups is 1. The second kappa shape index (κ2) is 7.68. The summed E-state index contributed by atoms with van der Waals surface area (Å²) in [5.74, 6) is -0.203. The molecule has 0 spiro atoms. The standard InChI is InChI=1S/C18H22N2O3S2/c1-14-6-2-3-7-15(14)10-11-19-18(21)16-8-4-12-20(16)25(22,23)17-9-5-13-24-17/h2-3,5-7,9,13,16H,4,8,10-12H2,1H3,(H,19,21). The highest BCUT2D eigenvalue weighted by Gasteiger charge is 2.39. The zero-order chi connectivity index (χ0) is 17.9. The van der Waals surface area contributed by atoms with Crippen LogP contribution < -0.4 is 5.32 Å². The summed E-state index contributed by atoms with van der Waals surface area (Å²) < 4.78 is 27.1. The highest BCUT2D eigenvalue weighted by Crippen LogP contribution is 2.28. The van der Waals surface area contributed by atoms with Crippen LogP contribution in [0.4, 0.5) is 0 Å². The molecule has 7 heteroatoms. The molecule has 2 aromatic rings. The van der Waals surface area contributed by atoms with E-state index in [9.17, 15) is 13.2 Å². The van der Waals surface area contributed by atoms with Crippen molar-refractivity contribution < 1.29 is 13.2 Å². The highest BCUT2D eigenvalue weighted by atomic mass is 32.2. The fraction of sp³-hybridized carbons (Fsp3) is 0.389. The van der Waals surface area contributed by atoms with Gasteiger partial charge in [-0.1, -0.05) is 30.3 Å². The molecule has 1 fully saturated rings. The molecule has 134 valence electrons. The van der Waals surface area contributed by atoms with Gasteiger partial charge in [0.15, 0.2) is 0 Å². The SMILES string of the molecule is Cc1ccccc1CCNC(=O)C1CCCN1S(=O)(=O)c1cccs1. The Morgan fingerprint density at radius 3 is 2.80 bits per heavy atom. The average Bonchev–Trinajstić information content (AvgIpc) is 3.28. The molecule has 1 aromatic heterocycles. The third-order valence-electron chi connectivity index (χ3n) is 4.52. The Morgan fingerprint density at radius 1 is 1.28 bits per heavy atom. The van der Waals surface area contributed by atoms with Gasteiger partial charge in [0.05, 0.1) is 0 Å². The molecule has 1 saturated heterocycles. The number of amides is 1. The van der Waals surface area contributed by atoms with Gasteiger partial charge in [0.1, 0.15) is 10.3 Å². The second-order valence-corrected chi connectivity index (χ2v) is 9.24. The third-order valence-corrected chi connectivity index (χ3v) is 7.80. The van der Waals surface area contributed by atoms with Crippen molar-refractivity contribution >= 4 is 27.3 Å². The van der Waals surface area contributed by atoms with Crippen molar-refractivity contribution in [2.24, 2.45) is 0 Å². The van der Waals surface area contributed by atoms with Crippen molar-refractivity contribution in [2.75, 3.05) is 13.1 Å². The lowest BCUT2D eigenvalue weighted by atomic mass is 10.1. The molecule has 1 amide bonds. The maximum Gasteiger partial charge on any atom is 0.253 e. The van der Waals surface area contributed by atoms with Crippen LogP contribution in [0.3, 0.4) is 0 Å². The van der Waals surface area contributed by atoms with Gasteiger partial charge in [-0.2, -0.15) is 4.31 Å². The van der Waals surface area contributed by atoms with Gasteiger partial charge in [0, 0.05) is 13.1 Å². The molecular weight excluding hydrogens is 356 g/mol. The molecule has 1 aliphatic rings. The molecule has 0 bridgehead atoms. The van der Waals surface area contributed by atoms with Crippen LogP contribution >= 0.6 is 11.3 Å². The van der Waals surface area contributed by atoms with E-state index < -0.39 is 16.1 Å². The molecule has 2 heterocycles. The van der Waals surface area contributed by atoms with Crippen LogP contribution in [0.1, 0.15) is 24.0 Å². The number of aryl methyl sites for hydroxylation is 1. The Bertz CT molecular complexity index is 832. The lowest BCUT2D eigenvalue weighted by Crippen LogP contribution is -2.46. The van der Waals surface area contributed by atoms with E-state index in [0.717, 1.165) is 6.42 Å². The van der Waals surface area contributed by atoms with E-state index in [-0.39, 0.29) is 5.91 Å². The van der Waals surface area contributed by atoms with Crippen LogP contribution in [0.25, 0.3) is 0 Å². The fourth-order valence-corrected chi connectivity index (χ4v) is 5.92. The maximum atomic E-state index is 12.7. The van der Waals surface area contributed by atoms with Crippen molar-refractivity contribution in [3.63, 3.8) is 0 Å². The minimum Gasteiger partial charge on any atom is -0.354 e. The summed E-state index contributed by atoms with van der Waals surface area (Å²) in [4.78, 5) is 12.5. The van der Waals surface area contributed by atoms with Crippen LogP contribution in [-0.4, -0.2) is 37.8 Å². The van der Waals surface area contributed by atoms with Gasteiger partial charge in [-0.25, -0.2) is 8.42 Å². The highest BCUT2D eigenvalue weighted by molar-refractivity contribution is 7.91. The number of thiophene rings is 1. The van der Waals surface area contributed by atoms with E-state index >= 15 is 0 Å². The molecule has 3 rings (SSSR count). The summed E-state index contributed by atoms with van der Waals surface area (Å²) >= 11 is 1.19. The van der Waals surface area contributed by atoms with Gasteiger partial charge < -0.3 is 5.32 Å². The van der Waals surface area contributed by atoms with Gasteiger partial charge in [-0.15, -0.1) is 11.3 Å². The third kappa shape index (κ3) is 3.94. The Morgan fingerprint density at radius 2 is 2.08 bits per heavy atom. The molecule has 1 N–H and O–H groups in total. The predicted molar refractivity (Wildman–Crippen MR) is 99.1 cm³/mol. The molecule has 0 saturated carbocycles. The van der Waals surface area contributed by atoms with Gasteiger partial charge in [-0.05, 0) is 48.8 Å². The van der Waals surface area contributed by atoms with Gasteiger partial charge in [0.2, 0.25) is 5.91 Å². The maximum absolute atomic E-state index is 12.7. The first-order valence-electron chi connectivity index (χ1n) is 8.38. The van der Waals surface area contributed by atoms with Crippen molar-refractivity contribution in [3.05, 3.63) is 52.9 Å². The van der Waals surface area contributed by atoms with Crippen molar-refractivity contribution in [1.29, 1.82) is 0 Å². The normalized spacial score (nSPS) is 18.4. The number of nitrogens with zero attached hydrogens (tertiary/aromatic N) is 1. The van der Waals surface area contributed by atoms with Gasteiger partial charge in [-0.3, -0.25) is 4.79 Å². The minimum atomic E-state index is -3.58. The number of hydrogen-bond donors (Lipinski definition) is 1. The van der Waals surface area contributed by atoms with Gasteiger partial charge >= 0.3 is 0 Å². The van der Waals surface area contributed by atoms with E-state index in [0.29, 0.717) is 30.1 Å². The first-order chi connectivity index (χ1) is 12.0. The number of hydrogen-bond acceptors (Lipinski definition) is 4. The molecule has 1 aromatic carbocycles. The van der Waals surface area contributed by atoms with E-state index in [2.05, 4.69) is 5.32 Å². The Hall–Kier alpha value is -1.70. The molecule has 1 atom stereocenters. The molecule has 0 radical (unpaired) electrons. The average molecular weight is 379 g/mol. The van der Waals surface area contributed by atoms with Crippen molar-refractivity contribution in [1.82, 2.24) is 9.62 Å². The minimum absolute atomic E-state index is 0.203. The molecule has 0 aliphatic carbocycles. The molecule has 25 heavy (non-hydrogen) atoms. The summed E-state index contributed by atoms with van der Waals surface area (Å²) in [6.45, 7) is 2.95. The van der Waals surface area contributed by atoms with Crippen molar-refractivity contribution in [2.45, 2.75) is 36.4 Å². The molecule has 5 nitrogen and oxygen atoms in total. The van der Waals surface area contributed by atoms with Crippen LogP contribution in [0.2, 0.25) is 0 Å². The fourth-order valence-electron chi connectivity index (χ4n) is 3.14. The smallest absolute Gasteiger partial charge is 0.253 e. The number of nitrogens with one attached hydrogen (secondary N) is 1. The number of sulfonamides is 1. The van der Waals surface area contributed by atoms with Crippen LogP contribution in [0.5, 0.6) is 0 Å². The van der Waals surface area contributed by atoms with Crippen LogP contribution in [-0.2, 0) is 21.2 Å².